The molecule has 0 aromatic heterocycles. The van der Waals surface area contributed by atoms with Crippen molar-refractivity contribution in [3.8, 4) is 5.75 Å². The minimum Gasteiger partial charge on any atom is -0.497 e. The number of hydrogen-bond acceptors (Lipinski definition) is 6. The van der Waals surface area contributed by atoms with Gasteiger partial charge in [0, 0.05) is 19.9 Å². The van der Waals surface area contributed by atoms with E-state index in [2.05, 4.69) is 10.4 Å². The van der Waals surface area contributed by atoms with E-state index >= 15 is 0 Å². The number of rotatable bonds is 7. The van der Waals surface area contributed by atoms with E-state index < -0.39 is 17.9 Å². The third-order valence-electron chi connectivity index (χ3n) is 3.95. The van der Waals surface area contributed by atoms with Gasteiger partial charge >= 0.3 is 5.97 Å². The summed E-state index contributed by atoms with van der Waals surface area (Å²) in [5, 5.41) is 7.98. The van der Waals surface area contributed by atoms with Crippen LogP contribution < -0.4 is 10.1 Å². The second-order valence-corrected chi connectivity index (χ2v) is 5.78. The van der Waals surface area contributed by atoms with Crippen LogP contribution in [0.2, 0.25) is 0 Å². The van der Waals surface area contributed by atoms with E-state index in [-0.39, 0.29) is 37.5 Å². The fraction of sp³-hybridized carbons (Fsp3) is 0.444. The van der Waals surface area contributed by atoms with E-state index in [0.29, 0.717) is 11.3 Å². The van der Waals surface area contributed by atoms with E-state index in [1.807, 2.05) is 0 Å². The smallest absolute Gasteiger partial charge is 0.308 e. The maximum Gasteiger partial charge on any atom is 0.308 e. The summed E-state index contributed by atoms with van der Waals surface area (Å²) in [6.45, 7) is 1.98. The molecule has 0 saturated carbocycles. The average Bonchev–Trinajstić information content (AvgIpc) is 2.63. The fourth-order valence-electron chi connectivity index (χ4n) is 2.57. The number of nitrogens with zero attached hydrogens (tertiary/aromatic N) is 2. The first-order chi connectivity index (χ1) is 12.4. The number of hydrogen-bond donors (Lipinski definition) is 1. The van der Waals surface area contributed by atoms with Gasteiger partial charge in [-0.15, -0.1) is 0 Å². The minimum absolute atomic E-state index is 0.0191. The Morgan fingerprint density at radius 2 is 2.12 bits per heavy atom. The first-order valence-corrected chi connectivity index (χ1v) is 8.39. The van der Waals surface area contributed by atoms with Crippen molar-refractivity contribution >= 4 is 23.5 Å². The lowest BCUT2D eigenvalue weighted by molar-refractivity contribution is -0.143. The molecule has 8 nitrogen and oxygen atoms in total. The number of nitrogens with one attached hydrogen (secondary N) is 1. The molecule has 8 heteroatoms. The van der Waals surface area contributed by atoms with Crippen molar-refractivity contribution in [1.82, 2.24) is 10.3 Å². The molecule has 0 aliphatic carbocycles. The number of hydrazone groups is 1. The topological polar surface area (TPSA) is 97.3 Å². The van der Waals surface area contributed by atoms with Crippen molar-refractivity contribution in [3.05, 3.63) is 29.8 Å². The molecule has 0 bridgehead atoms. The van der Waals surface area contributed by atoms with Gasteiger partial charge in [-0.05, 0) is 24.6 Å². The van der Waals surface area contributed by atoms with Crippen LogP contribution >= 0.6 is 0 Å². The summed E-state index contributed by atoms with van der Waals surface area (Å²) >= 11 is 0. The van der Waals surface area contributed by atoms with Crippen LogP contribution in [-0.4, -0.2) is 49.3 Å². The standard InChI is InChI=1S/C18H23N3O5/c1-4-26-17(23)11-15(12-6-5-7-13(10-12)25-3)19-18(24)14-8-9-16(22)21(2)20-14/h5-7,10,15H,4,8-9,11H2,1-3H3,(H,19,24). The predicted molar refractivity (Wildman–Crippen MR) is 94.6 cm³/mol. The van der Waals surface area contributed by atoms with Crippen molar-refractivity contribution in [2.45, 2.75) is 32.2 Å². The highest BCUT2D eigenvalue weighted by Gasteiger charge is 2.26. The van der Waals surface area contributed by atoms with Gasteiger partial charge < -0.3 is 14.8 Å². The predicted octanol–water partition coefficient (Wildman–Crippen LogP) is 1.41. The molecule has 1 aromatic carbocycles. The summed E-state index contributed by atoms with van der Waals surface area (Å²) in [7, 11) is 3.05. The number of amides is 2. The highest BCUT2D eigenvalue weighted by atomic mass is 16.5. The van der Waals surface area contributed by atoms with Gasteiger partial charge in [-0.1, -0.05) is 12.1 Å². The van der Waals surface area contributed by atoms with Gasteiger partial charge in [0.2, 0.25) is 5.91 Å². The van der Waals surface area contributed by atoms with Crippen LogP contribution in [0.3, 0.4) is 0 Å². The molecular formula is C18H23N3O5. The Morgan fingerprint density at radius 1 is 1.35 bits per heavy atom. The SMILES string of the molecule is CCOC(=O)CC(NC(=O)C1=NN(C)C(=O)CC1)c1cccc(OC)c1. The molecule has 0 fully saturated rings. The van der Waals surface area contributed by atoms with Crippen molar-refractivity contribution in [1.29, 1.82) is 0 Å². The molecule has 1 atom stereocenters. The average molecular weight is 361 g/mol. The molecule has 2 rings (SSSR count). The summed E-state index contributed by atoms with van der Waals surface area (Å²) in [6.07, 6.45) is 0.471. The zero-order valence-corrected chi connectivity index (χ0v) is 15.2. The summed E-state index contributed by atoms with van der Waals surface area (Å²) in [4.78, 5) is 36.0. The number of ether oxygens (including phenoxy) is 2. The first kappa shape index (κ1) is 19.4. The van der Waals surface area contributed by atoms with Gasteiger partial charge in [0.15, 0.2) is 0 Å². The molecule has 2 amide bonds. The van der Waals surface area contributed by atoms with E-state index in [4.69, 9.17) is 9.47 Å². The lowest BCUT2D eigenvalue weighted by atomic mass is 10.0. The second kappa shape index (κ2) is 8.98. The zero-order chi connectivity index (χ0) is 19.1. The van der Waals surface area contributed by atoms with Crippen LogP contribution in [0.5, 0.6) is 5.75 Å². The van der Waals surface area contributed by atoms with Gasteiger partial charge in [-0.3, -0.25) is 14.4 Å². The van der Waals surface area contributed by atoms with Crippen molar-refractivity contribution in [2.75, 3.05) is 20.8 Å². The number of esters is 1. The number of methoxy groups -OCH3 is 1. The monoisotopic (exact) mass is 361 g/mol. The first-order valence-electron chi connectivity index (χ1n) is 8.39. The summed E-state index contributed by atoms with van der Waals surface area (Å²) in [6, 6.07) is 6.51. The third-order valence-corrected chi connectivity index (χ3v) is 3.95. The molecule has 1 N–H and O–H groups in total. The Morgan fingerprint density at radius 3 is 2.77 bits per heavy atom. The largest absolute Gasteiger partial charge is 0.497 e. The number of carbonyl (C=O) groups is 3. The maximum atomic E-state index is 12.6. The van der Waals surface area contributed by atoms with Crippen LogP contribution in [-0.2, 0) is 19.1 Å². The minimum atomic E-state index is -0.595. The Bertz CT molecular complexity index is 717. The Hall–Kier alpha value is -2.90. The maximum absolute atomic E-state index is 12.6. The second-order valence-electron chi connectivity index (χ2n) is 5.78. The van der Waals surface area contributed by atoms with Gasteiger partial charge in [0.05, 0.1) is 26.2 Å². The molecule has 1 aliphatic rings. The zero-order valence-electron chi connectivity index (χ0n) is 15.2. The molecule has 1 aliphatic heterocycles. The van der Waals surface area contributed by atoms with Crippen LogP contribution in [0.4, 0.5) is 0 Å². The van der Waals surface area contributed by atoms with E-state index in [9.17, 15) is 14.4 Å². The van der Waals surface area contributed by atoms with E-state index in [0.717, 1.165) is 5.01 Å². The fourth-order valence-corrected chi connectivity index (χ4v) is 2.57. The molecular weight excluding hydrogens is 338 g/mol. The normalized spacial score (nSPS) is 15.1. The Labute approximate surface area is 152 Å². The highest BCUT2D eigenvalue weighted by molar-refractivity contribution is 6.39. The van der Waals surface area contributed by atoms with Gasteiger partial charge in [0.25, 0.3) is 5.91 Å². The third kappa shape index (κ3) is 5.05. The van der Waals surface area contributed by atoms with E-state index in [1.54, 1.807) is 38.3 Å². The van der Waals surface area contributed by atoms with Crippen LogP contribution in [0.1, 0.15) is 37.8 Å². The van der Waals surface area contributed by atoms with Gasteiger partial charge in [-0.25, -0.2) is 5.01 Å². The van der Waals surface area contributed by atoms with Crippen molar-refractivity contribution in [2.24, 2.45) is 5.10 Å². The van der Waals surface area contributed by atoms with Crippen LogP contribution in [0.25, 0.3) is 0 Å². The number of carbonyl (C=O) groups excluding carboxylic acids is 3. The Kier molecular flexibility index (Phi) is 6.71. The molecule has 0 spiro atoms. The molecule has 1 unspecified atom stereocenters. The van der Waals surface area contributed by atoms with Crippen molar-refractivity contribution < 1.29 is 23.9 Å². The van der Waals surface area contributed by atoms with Crippen molar-refractivity contribution in [3.63, 3.8) is 0 Å². The molecule has 26 heavy (non-hydrogen) atoms. The van der Waals surface area contributed by atoms with Gasteiger partial charge in [0.1, 0.15) is 11.5 Å². The molecule has 1 aromatic rings. The van der Waals surface area contributed by atoms with Gasteiger partial charge in [-0.2, -0.15) is 5.10 Å². The highest BCUT2D eigenvalue weighted by Crippen LogP contribution is 2.22. The Balaban J connectivity index is 2.20. The molecule has 140 valence electrons. The number of benzene rings is 1. The quantitative estimate of drug-likeness (QED) is 0.741. The lowest BCUT2D eigenvalue weighted by Crippen LogP contribution is -2.39. The summed E-state index contributed by atoms with van der Waals surface area (Å²) in [5.74, 6) is -0.358. The van der Waals surface area contributed by atoms with Crippen LogP contribution in [0.15, 0.2) is 29.4 Å². The summed E-state index contributed by atoms with van der Waals surface area (Å²) < 4.78 is 10.2. The molecule has 0 saturated heterocycles. The van der Waals surface area contributed by atoms with Crippen LogP contribution in [0, 0.1) is 0 Å². The lowest BCUT2D eigenvalue weighted by Gasteiger charge is -2.22. The molecule has 1 heterocycles. The summed E-state index contributed by atoms with van der Waals surface area (Å²) in [5.41, 5.74) is 0.968. The van der Waals surface area contributed by atoms with E-state index in [1.165, 1.54) is 7.05 Å². The molecule has 0 radical (unpaired) electrons.